The Balaban J connectivity index is 1.47. The van der Waals surface area contributed by atoms with Gasteiger partial charge in [0.1, 0.15) is 5.75 Å². The van der Waals surface area contributed by atoms with E-state index in [1.165, 1.54) is 24.3 Å². The quantitative estimate of drug-likeness (QED) is 0.177. The number of hydrogen-bond acceptors (Lipinski definition) is 4. The van der Waals surface area contributed by atoms with E-state index >= 15 is 0 Å². The van der Waals surface area contributed by atoms with Crippen molar-refractivity contribution in [2.75, 3.05) is 6.61 Å². The third kappa shape index (κ3) is 6.62. The monoisotopic (exact) mass is 595 g/mol. The number of nitrogens with two attached hydrogens (primary N) is 1. The number of nitrogens with one attached hydrogen (secondary N) is 2. The van der Waals surface area contributed by atoms with Crippen molar-refractivity contribution < 1.29 is 32.0 Å². The summed E-state index contributed by atoms with van der Waals surface area (Å²) in [6, 6.07) is 17.4. The number of aromatic nitrogens is 1. The van der Waals surface area contributed by atoms with Crippen LogP contribution in [0.15, 0.2) is 77.8 Å². The minimum Gasteiger partial charge on any atom is -0.405 e. The summed E-state index contributed by atoms with van der Waals surface area (Å²) in [4.78, 5) is 17.2. The number of benzene rings is 3. The number of hydrogen-bond donors (Lipinski definition) is 4. The first-order chi connectivity index (χ1) is 19.9. The standard InChI is InChI=1S/C31H28F3N3O4S/c1-42(35,40)24-13-8-20(9-14-24)6-7-21-10-15-28(41-31(32,33)34)26(16-21)29(39)37-30(19-38,23-11-12-23)17-22-18-36-27-5-3-2-4-25(22)27/h2-5,8-10,13-16,18,23,36,38H,1,11-12,17,19H2,(H2,35,40)(H,37,39). The molecule has 218 valence electrons. The molecule has 1 aliphatic carbocycles. The fraction of sp³-hybridized carbons (Fsp3) is 0.226. The van der Waals surface area contributed by atoms with Crippen LogP contribution in [0.5, 0.6) is 5.75 Å². The van der Waals surface area contributed by atoms with E-state index in [4.69, 9.17) is 5.14 Å². The van der Waals surface area contributed by atoms with Crippen molar-refractivity contribution in [3.63, 3.8) is 0 Å². The Bertz CT molecular complexity index is 1800. The van der Waals surface area contributed by atoms with Crippen LogP contribution in [0.25, 0.3) is 10.9 Å². The third-order valence-electron chi connectivity index (χ3n) is 7.24. The van der Waals surface area contributed by atoms with Gasteiger partial charge < -0.3 is 20.1 Å². The number of aromatic amines is 1. The van der Waals surface area contributed by atoms with Crippen molar-refractivity contribution in [2.24, 2.45) is 11.1 Å². The van der Waals surface area contributed by atoms with Crippen LogP contribution in [-0.4, -0.2) is 44.6 Å². The van der Waals surface area contributed by atoms with Gasteiger partial charge in [0.2, 0.25) is 0 Å². The van der Waals surface area contributed by atoms with Crippen LogP contribution in [0, 0.1) is 17.8 Å². The van der Waals surface area contributed by atoms with Crippen LogP contribution in [0.3, 0.4) is 0 Å². The second-order valence-corrected chi connectivity index (χ2v) is 12.3. The Labute approximate surface area is 241 Å². The SMILES string of the molecule is C=S(N)(=O)c1ccc(C#Cc2ccc(OC(F)(F)F)c(C(=O)NC(CO)(Cc3c[nH]c4ccccc34)C3CC3)c2)cc1. The smallest absolute Gasteiger partial charge is 0.405 e. The van der Waals surface area contributed by atoms with Crippen LogP contribution in [-0.2, 0) is 16.1 Å². The van der Waals surface area contributed by atoms with Crippen molar-refractivity contribution in [1.82, 2.24) is 10.3 Å². The van der Waals surface area contributed by atoms with Crippen LogP contribution >= 0.6 is 0 Å². The highest BCUT2D eigenvalue weighted by Gasteiger charge is 2.47. The van der Waals surface area contributed by atoms with E-state index in [0.29, 0.717) is 10.5 Å². The first kappa shape index (κ1) is 29.3. The van der Waals surface area contributed by atoms with E-state index in [1.54, 1.807) is 12.1 Å². The molecule has 11 heteroatoms. The first-order valence-corrected chi connectivity index (χ1v) is 14.8. The zero-order valence-corrected chi connectivity index (χ0v) is 23.1. The van der Waals surface area contributed by atoms with Crippen molar-refractivity contribution in [2.45, 2.75) is 36.1 Å². The molecule has 5 rings (SSSR count). The Kier molecular flexibility index (Phi) is 7.81. The molecule has 0 radical (unpaired) electrons. The average Bonchev–Trinajstić information content (AvgIpc) is 3.73. The largest absolute Gasteiger partial charge is 0.573 e. The lowest BCUT2D eigenvalue weighted by molar-refractivity contribution is -0.274. The Morgan fingerprint density at radius 3 is 2.40 bits per heavy atom. The van der Waals surface area contributed by atoms with Crippen LogP contribution in [0.4, 0.5) is 13.2 Å². The van der Waals surface area contributed by atoms with E-state index in [2.05, 4.69) is 32.7 Å². The zero-order chi connectivity index (χ0) is 30.1. The minimum atomic E-state index is -5.03. The number of alkyl halides is 3. The average molecular weight is 596 g/mol. The highest BCUT2D eigenvalue weighted by Crippen LogP contribution is 2.42. The van der Waals surface area contributed by atoms with Gasteiger partial charge in [-0.05, 0) is 78.7 Å². The number of halogens is 3. The number of carbonyl (C=O) groups excluding carboxylic acids is 1. The van der Waals surface area contributed by atoms with E-state index < -0.39 is 39.9 Å². The fourth-order valence-corrected chi connectivity index (χ4v) is 5.57. The van der Waals surface area contributed by atoms with Gasteiger partial charge in [-0.1, -0.05) is 30.0 Å². The van der Waals surface area contributed by atoms with Crippen LogP contribution < -0.4 is 15.2 Å². The van der Waals surface area contributed by atoms with Gasteiger partial charge in [0.05, 0.1) is 27.4 Å². The number of carbonyl (C=O) groups is 1. The molecule has 2 unspecified atom stereocenters. The van der Waals surface area contributed by atoms with Crippen molar-refractivity contribution in [1.29, 1.82) is 0 Å². The predicted octanol–water partition coefficient (Wildman–Crippen LogP) is 4.53. The molecule has 1 aromatic heterocycles. The maximum Gasteiger partial charge on any atom is 0.573 e. The number of para-hydroxylation sites is 1. The second kappa shape index (κ2) is 11.2. The zero-order valence-electron chi connectivity index (χ0n) is 22.3. The molecule has 1 saturated carbocycles. The number of H-pyrrole nitrogens is 1. The predicted molar refractivity (Wildman–Crippen MR) is 155 cm³/mol. The molecule has 0 saturated heterocycles. The summed E-state index contributed by atoms with van der Waals surface area (Å²) >= 11 is 0. The molecular weight excluding hydrogens is 567 g/mol. The minimum absolute atomic E-state index is 0.0559. The summed E-state index contributed by atoms with van der Waals surface area (Å²) in [6.07, 6.45) is -1.43. The molecule has 7 nitrogen and oxygen atoms in total. The molecule has 5 N–H and O–H groups in total. The first-order valence-electron chi connectivity index (χ1n) is 13.0. The Morgan fingerprint density at radius 1 is 1.10 bits per heavy atom. The number of fused-ring (bicyclic) bond motifs is 1. The lowest BCUT2D eigenvalue weighted by Crippen LogP contribution is -2.55. The number of rotatable bonds is 8. The molecule has 3 aromatic carbocycles. The van der Waals surface area contributed by atoms with Crippen molar-refractivity contribution in [3.8, 4) is 17.6 Å². The summed E-state index contributed by atoms with van der Waals surface area (Å²) in [5.74, 6) is 7.56. The maximum atomic E-state index is 13.6. The maximum absolute atomic E-state index is 13.6. The summed E-state index contributed by atoms with van der Waals surface area (Å²) in [5.41, 5.74) is 1.08. The number of ether oxygens (including phenoxy) is 1. The Morgan fingerprint density at radius 2 is 1.76 bits per heavy atom. The normalized spacial score (nSPS) is 16.1. The van der Waals surface area contributed by atoms with E-state index in [0.717, 1.165) is 35.4 Å². The lowest BCUT2D eigenvalue weighted by atomic mass is 9.86. The molecule has 1 aliphatic rings. The fourth-order valence-electron chi connectivity index (χ4n) is 4.97. The van der Waals surface area contributed by atoms with Gasteiger partial charge in [-0.3, -0.25) is 9.93 Å². The second-order valence-electron chi connectivity index (χ2n) is 10.3. The molecule has 1 fully saturated rings. The number of aliphatic hydroxyl groups is 1. The van der Waals surface area contributed by atoms with E-state index in [-0.39, 0.29) is 23.5 Å². The topological polar surface area (TPSA) is 117 Å². The summed E-state index contributed by atoms with van der Waals surface area (Å²) in [6.45, 7) is -0.406. The summed E-state index contributed by atoms with van der Waals surface area (Å²) < 4.78 is 55.9. The van der Waals surface area contributed by atoms with Gasteiger partial charge in [0.25, 0.3) is 5.91 Å². The van der Waals surface area contributed by atoms with Gasteiger partial charge in [0.15, 0.2) is 0 Å². The van der Waals surface area contributed by atoms with Gasteiger partial charge >= 0.3 is 6.36 Å². The number of aliphatic hydroxyl groups excluding tert-OH is 1. The lowest BCUT2D eigenvalue weighted by Gasteiger charge is -2.34. The molecule has 0 spiro atoms. The third-order valence-corrected chi connectivity index (χ3v) is 8.31. The summed E-state index contributed by atoms with van der Waals surface area (Å²) in [5, 5.41) is 19.9. The molecule has 42 heavy (non-hydrogen) atoms. The highest BCUT2D eigenvalue weighted by atomic mass is 32.2. The van der Waals surface area contributed by atoms with Crippen molar-refractivity contribution >= 4 is 32.4 Å². The Hall–Kier alpha value is -4.24. The molecule has 0 bridgehead atoms. The molecular formula is C31H28F3N3O4S. The number of amides is 1. The molecule has 1 amide bonds. The van der Waals surface area contributed by atoms with Gasteiger partial charge in [-0.2, -0.15) is 0 Å². The van der Waals surface area contributed by atoms with E-state index in [9.17, 15) is 27.3 Å². The van der Waals surface area contributed by atoms with Crippen LogP contribution in [0.2, 0.25) is 0 Å². The summed E-state index contributed by atoms with van der Waals surface area (Å²) in [7, 11) is -2.89. The molecule has 4 aromatic rings. The van der Waals surface area contributed by atoms with Gasteiger partial charge in [-0.15, -0.1) is 13.2 Å². The van der Waals surface area contributed by atoms with Crippen molar-refractivity contribution in [3.05, 3.63) is 95.2 Å². The molecule has 1 heterocycles. The van der Waals surface area contributed by atoms with E-state index in [1.807, 2.05) is 30.5 Å². The van der Waals surface area contributed by atoms with Gasteiger partial charge in [0, 0.05) is 39.5 Å². The van der Waals surface area contributed by atoms with Gasteiger partial charge in [-0.25, -0.2) is 4.21 Å². The highest BCUT2D eigenvalue weighted by molar-refractivity contribution is 7.98. The molecule has 0 aliphatic heterocycles. The van der Waals surface area contributed by atoms with Crippen LogP contribution in [0.1, 0.15) is 39.9 Å². The molecule has 2 atom stereocenters.